The van der Waals surface area contributed by atoms with Crippen molar-refractivity contribution in [1.82, 2.24) is 19.6 Å². The predicted octanol–water partition coefficient (Wildman–Crippen LogP) is 2.53. The lowest BCUT2D eigenvalue weighted by molar-refractivity contribution is -0.274. The molecule has 0 spiro atoms. The van der Waals surface area contributed by atoms with Crippen LogP contribution in [0.15, 0.2) is 59.7 Å². The topological polar surface area (TPSA) is 91.0 Å². The van der Waals surface area contributed by atoms with Crippen molar-refractivity contribution in [1.29, 1.82) is 0 Å². The van der Waals surface area contributed by atoms with Crippen LogP contribution in [0, 0.1) is 0 Å². The zero-order chi connectivity index (χ0) is 20.3. The minimum absolute atomic E-state index is 0.239. The molecule has 3 aromatic rings. The smallest absolute Gasteiger partial charge is 0.406 e. The highest BCUT2D eigenvalue weighted by Gasteiger charge is 2.31. The molecule has 0 aliphatic carbocycles. The molecule has 0 saturated heterocycles. The molecular formula is C17H14F3N5O3. The van der Waals surface area contributed by atoms with Crippen molar-refractivity contribution in [2.75, 3.05) is 5.32 Å². The standard InChI is InChI=1S/C17H14F3N5O3/c1-11(25-15(26)8-7-14(23-25)24-10-2-9-21-24)16(27)22-12-3-5-13(6-4-12)28-17(18,19)20/h2-11H,1H3,(H,22,27). The van der Waals surface area contributed by atoms with Gasteiger partial charge in [0.1, 0.15) is 11.8 Å². The fourth-order valence-corrected chi connectivity index (χ4v) is 2.32. The third-order valence-corrected chi connectivity index (χ3v) is 3.65. The molecule has 2 heterocycles. The van der Waals surface area contributed by atoms with Gasteiger partial charge in [0.15, 0.2) is 5.82 Å². The number of amides is 1. The number of ether oxygens (including phenoxy) is 1. The largest absolute Gasteiger partial charge is 0.573 e. The average Bonchev–Trinajstić information content (AvgIpc) is 3.16. The second kappa shape index (κ2) is 7.55. The van der Waals surface area contributed by atoms with Crippen LogP contribution in [0.1, 0.15) is 13.0 Å². The quantitative estimate of drug-likeness (QED) is 0.719. The molecule has 0 fully saturated rings. The molecule has 11 heteroatoms. The van der Waals surface area contributed by atoms with Gasteiger partial charge in [-0.3, -0.25) is 9.59 Å². The third-order valence-electron chi connectivity index (χ3n) is 3.65. The Morgan fingerprint density at radius 3 is 2.50 bits per heavy atom. The lowest BCUT2D eigenvalue weighted by Crippen LogP contribution is -2.33. The fourth-order valence-electron chi connectivity index (χ4n) is 2.32. The molecule has 8 nitrogen and oxygen atoms in total. The summed E-state index contributed by atoms with van der Waals surface area (Å²) < 4.78 is 42.7. The SMILES string of the molecule is CC(C(=O)Nc1ccc(OC(F)(F)F)cc1)n1nc(-n2cccn2)ccc1=O. The highest BCUT2D eigenvalue weighted by molar-refractivity contribution is 5.93. The van der Waals surface area contributed by atoms with Crippen molar-refractivity contribution < 1.29 is 22.7 Å². The predicted molar refractivity (Wildman–Crippen MR) is 92.1 cm³/mol. The molecule has 2 aromatic heterocycles. The molecular weight excluding hydrogens is 379 g/mol. The monoisotopic (exact) mass is 393 g/mol. The molecule has 0 aliphatic rings. The van der Waals surface area contributed by atoms with Crippen molar-refractivity contribution in [3.63, 3.8) is 0 Å². The van der Waals surface area contributed by atoms with Gasteiger partial charge in [-0.15, -0.1) is 18.3 Å². The zero-order valence-electron chi connectivity index (χ0n) is 14.4. The van der Waals surface area contributed by atoms with Gasteiger partial charge in [0.05, 0.1) is 0 Å². The Labute approximate surface area is 156 Å². The first kappa shape index (κ1) is 19.1. The molecule has 0 saturated carbocycles. The van der Waals surface area contributed by atoms with E-state index in [1.165, 1.54) is 35.9 Å². The molecule has 1 aromatic carbocycles. The summed E-state index contributed by atoms with van der Waals surface area (Å²) in [6.07, 6.45) is -1.63. The van der Waals surface area contributed by atoms with E-state index in [1.807, 2.05) is 0 Å². The first-order valence-corrected chi connectivity index (χ1v) is 7.99. The molecule has 1 amide bonds. The van der Waals surface area contributed by atoms with E-state index < -0.39 is 29.6 Å². The van der Waals surface area contributed by atoms with Gasteiger partial charge in [-0.1, -0.05) is 0 Å². The Morgan fingerprint density at radius 1 is 1.18 bits per heavy atom. The molecule has 1 atom stereocenters. The summed E-state index contributed by atoms with van der Waals surface area (Å²) >= 11 is 0. The molecule has 146 valence electrons. The van der Waals surface area contributed by atoms with E-state index in [0.29, 0.717) is 5.82 Å². The number of nitrogens with one attached hydrogen (secondary N) is 1. The van der Waals surface area contributed by atoms with Gasteiger partial charge in [-0.05, 0) is 43.3 Å². The number of alkyl halides is 3. The molecule has 0 bridgehead atoms. The average molecular weight is 393 g/mol. The number of benzene rings is 1. The summed E-state index contributed by atoms with van der Waals surface area (Å²) in [5, 5.41) is 10.7. The summed E-state index contributed by atoms with van der Waals surface area (Å²) in [5.74, 6) is -0.641. The van der Waals surface area contributed by atoms with Crippen molar-refractivity contribution in [2.45, 2.75) is 19.3 Å². The van der Waals surface area contributed by atoms with Crippen LogP contribution in [-0.2, 0) is 4.79 Å². The number of carbonyl (C=O) groups is 1. The highest BCUT2D eigenvalue weighted by Crippen LogP contribution is 2.24. The second-order valence-electron chi connectivity index (χ2n) is 5.66. The maximum absolute atomic E-state index is 12.4. The minimum atomic E-state index is -4.80. The number of rotatable bonds is 5. The van der Waals surface area contributed by atoms with Crippen LogP contribution in [0.5, 0.6) is 5.75 Å². The van der Waals surface area contributed by atoms with E-state index in [0.717, 1.165) is 16.8 Å². The Morgan fingerprint density at radius 2 is 1.89 bits per heavy atom. The van der Waals surface area contributed by atoms with Crippen LogP contribution in [0.25, 0.3) is 5.82 Å². The summed E-state index contributed by atoms with van der Waals surface area (Å²) in [6, 6.07) is 8.07. The Kier molecular flexibility index (Phi) is 5.16. The van der Waals surface area contributed by atoms with Gasteiger partial charge in [0, 0.05) is 24.1 Å². The Hall–Kier alpha value is -3.63. The van der Waals surface area contributed by atoms with E-state index in [-0.39, 0.29) is 5.69 Å². The van der Waals surface area contributed by atoms with Crippen LogP contribution in [0.4, 0.5) is 18.9 Å². The number of hydrogen-bond acceptors (Lipinski definition) is 5. The van der Waals surface area contributed by atoms with Crippen molar-refractivity contribution in [3.8, 4) is 11.6 Å². The number of anilines is 1. The number of carbonyl (C=O) groups excluding carboxylic acids is 1. The first-order valence-electron chi connectivity index (χ1n) is 7.99. The molecule has 0 aliphatic heterocycles. The van der Waals surface area contributed by atoms with Crippen LogP contribution in [-0.4, -0.2) is 31.8 Å². The van der Waals surface area contributed by atoms with E-state index >= 15 is 0 Å². The van der Waals surface area contributed by atoms with Gasteiger partial charge in [0.2, 0.25) is 5.91 Å². The Bertz CT molecular complexity index is 1010. The lowest BCUT2D eigenvalue weighted by Gasteiger charge is -2.15. The summed E-state index contributed by atoms with van der Waals surface area (Å²) in [5.41, 5.74) is -0.255. The molecule has 1 N–H and O–H groups in total. The lowest BCUT2D eigenvalue weighted by atomic mass is 10.2. The van der Waals surface area contributed by atoms with Crippen molar-refractivity contribution in [3.05, 3.63) is 65.2 Å². The highest BCUT2D eigenvalue weighted by atomic mass is 19.4. The van der Waals surface area contributed by atoms with E-state index in [2.05, 4.69) is 20.3 Å². The maximum Gasteiger partial charge on any atom is 0.573 e. The normalized spacial score (nSPS) is 12.4. The first-order chi connectivity index (χ1) is 13.2. The zero-order valence-corrected chi connectivity index (χ0v) is 14.4. The van der Waals surface area contributed by atoms with Crippen LogP contribution >= 0.6 is 0 Å². The number of aromatic nitrogens is 4. The van der Waals surface area contributed by atoms with Gasteiger partial charge in [-0.25, -0.2) is 9.36 Å². The van der Waals surface area contributed by atoms with E-state index in [9.17, 15) is 22.8 Å². The maximum atomic E-state index is 12.4. The molecule has 3 rings (SSSR count). The van der Waals surface area contributed by atoms with Gasteiger partial charge < -0.3 is 10.1 Å². The van der Waals surface area contributed by atoms with E-state index in [1.54, 1.807) is 18.5 Å². The van der Waals surface area contributed by atoms with Crippen LogP contribution in [0.2, 0.25) is 0 Å². The van der Waals surface area contributed by atoms with Gasteiger partial charge >= 0.3 is 6.36 Å². The molecule has 28 heavy (non-hydrogen) atoms. The van der Waals surface area contributed by atoms with Crippen molar-refractivity contribution >= 4 is 11.6 Å². The third kappa shape index (κ3) is 4.55. The summed E-state index contributed by atoms with van der Waals surface area (Å²) in [6.45, 7) is 1.47. The minimum Gasteiger partial charge on any atom is -0.406 e. The van der Waals surface area contributed by atoms with Crippen LogP contribution < -0.4 is 15.6 Å². The molecule has 0 radical (unpaired) electrons. The summed E-state index contributed by atoms with van der Waals surface area (Å²) in [7, 11) is 0. The fraction of sp³-hybridized carbons (Fsp3) is 0.176. The number of halogens is 3. The second-order valence-corrected chi connectivity index (χ2v) is 5.66. The van der Waals surface area contributed by atoms with Gasteiger partial charge in [0.25, 0.3) is 5.56 Å². The van der Waals surface area contributed by atoms with Crippen molar-refractivity contribution in [2.24, 2.45) is 0 Å². The number of hydrogen-bond donors (Lipinski definition) is 1. The van der Waals surface area contributed by atoms with Gasteiger partial charge in [-0.2, -0.15) is 5.10 Å². The van der Waals surface area contributed by atoms with Crippen LogP contribution in [0.3, 0.4) is 0 Å². The van der Waals surface area contributed by atoms with E-state index in [4.69, 9.17) is 0 Å². The number of nitrogens with zero attached hydrogens (tertiary/aromatic N) is 4. The Balaban J connectivity index is 1.74. The molecule has 1 unspecified atom stereocenters. The summed E-state index contributed by atoms with van der Waals surface area (Å²) in [4.78, 5) is 24.5.